The number of carbonyl (C=O) groups excluding carboxylic acids is 1. The van der Waals surface area contributed by atoms with Gasteiger partial charge in [-0.3, -0.25) is 20.0 Å². The fourth-order valence-electron chi connectivity index (χ4n) is 3.43. The SMILES string of the molecule is CCOC(=O)Nc1cnc(NCCCOc2cccc(CN3CCCCC3)c2)[nH]c1=O. The highest BCUT2D eigenvalue weighted by molar-refractivity contribution is 5.84. The zero-order chi connectivity index (χ0) is 21.9. The first-order valence-corrected chi connectivity index (χ1v) is 10.8. The number of H-pyrrole nitrogens is 1. The van der Waals surface area contributed by atoms with Crippen molar-refractivity contribution in [1.29, 1.82) is 0 Å². The maximum Gasteiger partial charge on any atom is 0.411 e. The minimum absolute atomic E-state index is 0.0387. The first-order chi connectivity index (χ1) is 15.1. The Kier molecular flexibility index (Phi) is 8.71. The summed E-state index contributed by atoms with van der Waals surface area (Å²) < 4.78 is 10.6. The van der Waals surface area contributed by atoms with Gasteiger partial charge in [0.25, 0.3) is 5.56 Å². The average molecular weight is 430 g/mol. The first-order valence-electron chi connectivity index (χ1n) is 10.8. The fraction of sp³-hybridized carbons (Fsp3) is 0.500. The molecule has 9 nitrogen and oxygen atoms in total. The van der Waals surface area contributed by atoms with Crippen LogP contribution in [0.25, 0.3) is 0 Å². The van der Waals surface area contributed by atoms with Gasteiger partial charge in [-0.1, -0.05) is 18.6 Å². The molecule has 1 aliphatic rings. The smallest absolute Gasteiger partial charge is 0.411 e. The van der Waals surface area contributed by atoms with E-state index in [0.29, 0.717) is 19.1 Å². The standard InChI is InChI=1S/C22H31N5O4/c1-2-30-22(29)25-19-15-24-21(26-20(19)28)23-10-7-13-31-18-9-6-8-17(14-18)16-27-11-4-3-5-12-27/h6,8-9,14-15H,2-5,7,10-13,16H2,1H3,(H,25,29)(H2,23,24,26,28). The minimum Gasteiger partial charge on any atom is -0.494 e. The lowest BCUT2D eigenvalue weighted by Crippen LogP contribution is -2.29. The van der Waals surface area contributed by atoms with Crippen LogP contribution in [0.1, 0.15) is 38.2 Å². The molecule has 2 aromatic rings. The van der Waals surface area contributed by atoms with E-state index >= 15 is 0 Å². The molecule has 0 radical (unpaired) electrons. The minimum atomic E-state index is -0.687. The van der Waals surface area contributed by atoms with Gasteiger partial charge in [-0.15, -0.1) is 0 Å². The Balaban J connectivity index is 1.38. The summed E-state index contributed by atoms with van der Waals surface area (Å²) in [5, 5.41) is 5.39. The van der Waals surface area contributed by atoms with E-state index in [-0.39, 0.29) is 12.3 Å². The first kappa shape index (κ1) is 22.6. The number of likely N-dealkylation sites (tertiary alicyclic amines) is 1. The van der Waals surface area contributed by atoms with Crippen LogP contribution >= 0.6 is 0 Å². The zero-order valence-electron chi connectivity index (χ0n) is 18.0. The van der Waals surface area contributed by atoms with Crippen LogP contribution in [0.5, 0.6) is 5.75 Å². The number of hydrogen-bond donors (Lipinski definition) is 3. The second-order valence-corrected chi connectivity index (χ2v) is 7.43. The van der Waals surface area contributed by atoms with Crippen molar-refractivity contribution >= 4 is 17.7 Å². The van der Waals surface area contributed by atoms with Crippen molar-refractivity contribution in [1.82, 2.24) is 14.9 Å². The highest BCUT2D eigenvalue weighted by Crippen LogP contribution is 2.17. The fourth-order valence-corrected chi connectivity index (χ4v) is 3.43. The van der Waals surface area contributed by atoms with Crippen molar-refractivity contribution in [2.45, 2.75) is 39.2 Å². The lowest BCUT2D eigenvalue weighted by Gasteiger charge is -2.26. The van der Waals surface area contributed by atoms with Crippen molar-refractivity contribution < 1.29 is 14.3 Å². The molecular weight excluding hydrogens is 398 g/mol. The number of rotatable bonds is 10. The van der Waals surface area contributed by atoms with Crippen molar-refractivity contribution in [2.75, 3.05) is 43.5 Å². The van der Waals surface area contributed by atoms with Crippen LogP contribution in [0.4, 0.5) is 16.4 Å². The van der Waals surface area contributed by atoms with Gasteiger partial charge < -0.3 is 14.8 Å². The Morgan fingerprint density at radius 3 is 2.87 bits per heavy atom. The number of nitrogens with zero attached hydrogens (tertiary/aromatic N) is 2. The van der Waals surface area contributed by atoms with E-state index in [2.05, 4.69) is 37.6 Å². The van der Waals surface area contributed by atoms with Crippen LogP contribution < -0.4 is 20.9 Å². The molecule has 3 rings (SSSR count). The third-order valence-electron chi connectivity index (χ3n) is 4.95. The summed E-state index contributed by atoms with van der Waals surface area (Å²) in [5.74, 6) is 1.21. The molecule has 1 aromatic heterocycles. The van der Waals surface area contributed by atoms with Crippen LogP contribution in [0.3, 0.4) is 0 Å². The van der Waals surface area contributed by atoms with Crippen molar-refractivity contribution in [3.63, 3.8) is 0 Å². The number of aromatic nitrogens is 2. The predicted molar refractivity (Wildman–Crippen MR) is 120 cm³/mol. The molecule has 1 aromatic carbocycles. The largest absolute Gasteiger partial charge is 0.494 e. The van der Waals surface area contributed by atoms with Gasteiger partial charge >= 0.3 is 6.09 Å². The van der Waals surface area contributed by atoms with E-state index in [1.165, 1.54) is 44.1 Å². The highest BCUT2D eigenvalue weighted by atomic mass is 16.5. The van der Waals surface area contributed by atoms with Gasteiger partial charge in [-0.05, 0) is 57.0 Å². The third-order valence-corrected chi connectivity index (χ3v) is 4.95. The summed E-state index contributed by atoms with van der Waals surface area (Å²) in [4.78, 5) is 32.6. The summed E-state index contributed by atoms with van der Waals surface area (Å²) in [6.45, 7) is 6.36. The predicted octanol–water partition coefficient (Wildman–Crippen LogP) is 3.21. The van der Waals surface area contributed by atoms with Gasteiger partial charge in [-0.2, -0.15) is 0 Å². The van der Waals surface area contributed by atoms with Crippen LogP contribution in [0.2, 0.25) is 0 Å². The molecule has 2 heterocycles. The van der Waals surface area contributed by atoms with Gasteiger partial charge in [0.05, 0.1) is 19.4 Å². The lowest BCUT2D eigenvalue weighted by molar-refractivity contribution is 0.168. The van der Waals surface area contributed by atoms with E-state index in [1.54, 1.807) is 6.92 Å². The third kappa shape index (κ3) is 7.60. The summed E-state index contributed by atoms with van der Waals surface area (Å²) in [6, 6.07) is 8.26. The molecule has 3 N–H and O–H groups in total. The number of aromatic amines is 1. The van der Waals surface area contributed by atoms with Crippen LogP contribution in [0.15, 0.2) is 35.3 Å². The van der Waals surface area contributed by atoms with Gasteiger partial charge in [0.2, 0.25) is 5.95 Å². The summed E-state index contributed by atoms with van der Waals surface area (Å²) >= 11 is 0. The Morgan fingerprint density at radius 1 is 1.26 bits per heavy atom. The Morgan fingerprint density at radius 2 is 2.10 bits per heavy atom. The molecule has 1 amide bonds. The zero-order valence-corrected chi connectivity index (χ0v) is 18.0. The van der Waals surface area contributed by atoms with Crippen LogP contribution in [-0.4, -0.2) is 53.8 Å². The summed E-state index contributed by atoms with van der Waals surface area (Å²) in [5.41, 5.74) is 0.861. The molecule has 0 spiro atoms. The van der Waals surface area contributed by atoms with Crippen molar-refractivity contribution in [2.24, 2.45) is 0 Å². The van der Waals surface area contributed by atoms with E-state index < -0.39 is 11.7 Å². The summed E-state index contributed by atoms with van der Waals surface area (Å²) in [7, 11) is 0. The second-order valence-electron chi connectivity index (χ2n) is 7.43. The molecule has 0 saturated carbocycles. The van der Waals surface area contributed by atoms with E-state index in [9.17, 15) is 9.59 Å². The molecule has 0 bridgehead atoms. The van der Waals surface area contributed by atoms with Crippen molar-refractivity contribution in [3.05, 3.63) is 46.4 Å². The molecule has 31 heavy (non-hydrogen) atoms. The molecular formula is C22H31N5O4. The Labute approximate surface area is 182 Å². The highest BCUT2D eigenvalue weighted by Gasteiger charge is 2.11. The van der Waals surface area contributed by atoms with Gasteiger partial charge in [0, 0.05) is 13.1 Å². The van der Waals surface area contributed by atoms with Crippen LogP contribution in [0, 0.1) is 0 Å². The molecule has 0 unspecified atom stereocenters. The topological polar surface area (TPSA) is 109 Å². The molecule has 168 valence electrons. The van der Waals surface area contributed by atoms with Gasteiger partial charge in [0.15, 0.2) is 0 Å². The number of anilines is 2. The molecule has 1 fully saturated rings. The number of hydrogen-bond acceptors (Lipinski definition) is 7. The number of nitrogens with one attached hydrogen (secondary N) is 3. The van der Waals surface area contributed by atoms with E-state index in [4.69, 9.17) is 9.47 Å². The summed E-state index contributed by atoms with van der Waals surface area (Å²) in [6.07, 6.45) is 5.26. The average Bonchev–Trinajstić information content (AvgIpc) is 2.76. The van der Waals surface area contributed by atoms with E-state index in [0.717, 1.165) is 18.7 Å². The molecule has 1 saturated heterocycles. The van der Waals surface area contributed by atoms with Gasteiger partial charge in [-0.25, -0.2) is 9.78 Å². The second kappa shape index (κ2) is 11.9. The monoisotopic (exact) mass is 429 g/mol. The molecule has 9 heteroatoms. The van der Waals surface area contributed by atoms with Crippen molar-refractivity contribution in [3.8, 4) is 5.75 Å². The molecule has 0 atom stereocenters. The Hall–Kier alpha value is -3.07. The maximum atomic E-state index is 12.0. The van der Waals surface area contributed by atoms with Gasteiger partial charge in [0.1, 0.15) is 11.4 Å². The van der Waals surface area contributed by atoms with Crippen LogP contribution in [-0.2, 0) is 11.3 Å². The number of benzene rings is 1. The lowest BCUT2D eigenvalue weighted by atomic mass is 10.1. The molecule has 1 aliphatic heterocycles. The number of amides is 1. The maximum absolute atomic E-state index is 12.0. The van der Waals surface area contributed by atoms with E-state index in [1.807, 2.05) is 12.1 Å². The number of ether oxygens (including phenoxy) is 2. The number of carbonyl (C=O) groups is 1. The quantitative estimate of drug-likeness (QED) is 0.498. The normalized spacial score (nSPS) is 14.1. The Bertz CT molecular complexity index is 895. The molecule has 0 aliphatic carbocycles. The number of piperidine rings is 1.